The molecule has 0 bridgehead atoms. The minimum atomic E-state index is -0.217. The molecule has 5 nitrogen and oxygen atoms in total. The molecule has 0 aromatic heterocycles. The smallest absolute Gasteiger partial charge is 0.169 e. The molecular weight excluding hydrogens is 427 g/mol. The van der Waals surface area contributed by atoms with Crippen molar-refractivity contribution in [1.82, 2.24) is 10.2 Å². The summed E-state index contributed by atoms with van der Waals surface area (Å²) in [5, 5.41) is 3.95. The van der Waals surface area contributed by atoms with Crippen LogP contribution < -0.4 is 14.8 Å². The zero-order valence-corrected chi connectivity index (χ0v) is 19.8. The normalized spacial score (nSPS) is 15.4. The van der Waals surface area contributed by atoms with Crippen LogP contribution in [0.5, 0.6) is 11.5 Å². The van der Waals surface area contributed by atoms with Gasteiger partial charge in [0.05, 0.1) is 19.3 Å². The summed E-state index contributed by atoms with van der Waals surface area (Å²) < 4.78 is 31.4. The van der Waals surface area contributed by atoms with Gasteiger partial charge in [-0.25, -0.2) is 4.39 Å². The first-order chi connectivity index (χ1) is 15.6. The van der Waals surface area contributed by atoms with Crippen LogP contribution in [0, 0.1) is 5.82 Å². The maximum atomic E-state index is 14.2. The zero-order chi connectivity index (χ0) is 22.8. The molecule has 1 aliphatic rings. The molecule has 0 aliphatic carbocycles. The molecule has 0 spiro atoms. The molecule has 2 aromatic rings. The van der Waals surface area contributed by atoms with Crippen LogP contribution in [0.15, 0.2) is 42.5 Å². The van der Waals surface area contributed by atoms with E-state index in [0.29, 0.717) is 43.5 Å². The highest BCUT2D eigenvalue weighted by Crippen LogP contribution is 2.28. The van der Waals surface area contributed by atoms with Crippen LogP contribution in [0.2, 0.25) is 0 Å². The summed E-state index contributed by atoms with van der Waals surface area (Å²) in [7, 11) is 0. The number of halogens is 1. The molecule has 1 unspecified atom stereocenters. The van der Waals surface area contributed by atoms with E-state index >= 15 is 0 Å². The third-order valence-corrected chi connectivity index (χ3v) is 5.75. The lowest BCUT2D eigenvalue weighted by Crippen LogP contribution is -2.43. The Morgan fingerprint density at radius 2 is 1.94 bits per heavy atom. The van der Waals surface area contributed by atoms with E-state index in [9.17, 15) is 4.39 Å². The van der Waals surface area contributed by atoms with Crippen LogP contribution >= 0.6 is 12.2 Å². The van der Waals surface area contributed by atoms with E-state index in [-0.39, 0.29) is 11.9 Å². The summed E-state index contributed by atoms with van der Waals surface area (Å²) in [6.45, 7) is 7.60. The largest absolute Gasteiger partial charge is 0.490 e. The fourth-order valence-electron chi connectivity index (χ4n) is 3.76. The molecule has 1 atom stereocenters. The van der Waals surface area contributed by atoms with Gasteiger partial charge in [0, 0.05) is 31.8 Å². The molecule has 7 heteroatoms. The topological polar surface area (TPSA) is 43.0 Å². The Labute approximate surface area is 195 Å². The predicted octanol–water partition coefficient (Wildman–Crippen LogP) is 4.72. The molecule has 1 saturated heterocycles. The number of ether oxygens (including phenoxy) is 3. The molecule has 32 heavy (non-hydrogen) atoms. The van der Waals surface area contributed by atoms with E-state index < -0.39 is 0 Å². The van der Waals surface area contributed by atoms with Gasteiger partial charge < -0.3 is 24.4 Å². The number of benzene rings is 2. The highest BCUT2D eigenvalue weighted by atomic mass is 32.1. The van der Waals surface area contributed by atoms with Crippen LogP contribution in [0.4, 0.5) is 4.39 Å². The second kappa shape index (κ2) is 12.6. The summed E-state index contributed by atoms with van der Waals surface area (Å²) in [6.07, 6.45) is 2.96. The number of rotatable bonds is 11. The van der Waals surface area contributed by atoms with Crippen molar-refractivity contribution in [3.05, 3.63) is 59.4 Å². The average Bonchev–Trinajstić information content (AvgIpc) is 3.30. The molecule has 0 saturated carbocycles. The van der Waals surface area contributed by atoms with E-state index in [4.69, 9.17) is 26.4 Å². The SMILES string of the molecule is CCOc1ccc(CCNC(=S)N(Cc2ccccc2F)CC2CCCO2)cc1OCC. The fourth-order valence-corrected chi connectivity index (χ4v) is 4.00. The van der Waals surface area contributed by atoms with Gasteiger partial charge in [-0.3, -0.25) is 0 Å². The summed E-state index contributed by atoms with van der Waals surface area (Å²) in [5.74, 6) is 1.30. The molecule has 2 aromatic carbocycles. The first-order valence-corrected chi connectivity index (χ1v) is 11.8. The fraction of sp³-hybridized carbons (Fsp3) is 0.480. The number of nitrogens with zero attached hydrogens (tertiary/aromatic N) is 1. The third kappa shape index (κ3) is 7.07. The molecule has 174 valence electrons. The van der Waals surface area contributed by atoms with Crippen LogP contribution in [0.1, 0.15) is 37.8 Å². The quantitative estimate of drug-likeness (QED) is 0.490. The van der Waals surface area contributed by atoms with Crippen molar-refractivity contribution in [2.75, 3.05) is 32.9 Å². The Hall–Kier alpha value is -2.38. The molecular formula is C25H33FN2O3S. The molecule has 0 amide bonds. The second-order valence-corrected chi connectivity index (χ2v) is 8.12. The van der Waals surface area contributed by atoms with E-state index in [1.165, 1.54) is 6.07 Å². The van der Waals surface area contributed by atoms with E-state index in [2.05, 4.69) is 5.32 Å². The molecule has 1 aliphatic heterocycles. The van der Waals surface area contributed by atoms with Gasteiger partial charge in [0.25, 0.3) is 0 Å². The van der Waals surface area contributed by atoms with Gasteiger partial charge in [-0.1, -0.05) is 24.3 Å². The van der Waals surface area contributed by atoms with E-state index in [1.54, 1.807) is 12.1 Å². The van der Waals surface area contributed by atoms with Crippen molar-refractivity contribution < 1.29 is 18.6 Å². The summed E-state index contributed by atoms with van der Waals surface area (Å²) in [6, 6.07) is 12.8. The van der Waals surface area contributed by atoms with Gasteiger partial charge in [-0.05, 0) is 69.1 Å². The third-order valence-electron chi connectivity index (χ3n) is 5.35. The van der Waals surface area contributed by atoms with Crippen LogP contribution in [0.3, 0.4) is 0 Å². The zero-order valence-electron chi connectivity index (χ0n) is 18.9. The maximum Gasteiger partial charge on any atom is 0.169 e. The number of nitrogens with one attached hydrogen (secondary N) is 1. The van der Waals surface area contributed by atoms with Gasteiger partial charge in [0.2, 0.25) is 0 Å². The lowest BCUT2D eigenvalue weighted by Gasteiger charge is -2.28. The van der Waals surface area contributed by atoms with Crippen molar-refractivity contribution in [1.29, 1.82) is 0 Å². The van der Waals surface area contributed by atoms with Gasteiger partial charge in [-0.2, -0.15) is 0 Å². The second-order valence-electron chi connectivity index (χ2n) is 7.74. The lowest BCUT2D eigenvalue weighted by molar-refractivity contribution is 0.0895. The van der Waals surface area contributed by atoms with Crippen molar-refractivity contribution in [2.24, 2.45) is 0 Å². The number of hydrogen-bond donors (Lipinski definition) is 1. The predicted molar refractivity (Wildman–Crippen MR) is 129 cm³/mol. The van der Waals surface area contributed by atoms with Gasteiger partial charge in [0.15, 0.2) is 16.6 Å². The summed E-state index contributed by atoms with van der Waals surface area (Å²) >= 11 is 5.68. The number of thiocarbonyl (C=S) groups is 1. The molecule has 1 heterocycles. The van der Waals surface area contributed by atoms with Crippen molar-refractivity contribution in [3.63, 3.8) is 0 Å². The van der Waals surface area contributed by atoms with Crippen molar-refractivity contribution >= 4 is 17.3 Å². The van der Waals surface area contributed by atoms with Crippen molar-refractivity contribution in [3.8, 4) is 11.5 Å². The summed E-state index contributed by atoms with van der Waals surface area (Å²) in [5.41, 5.74) is 1.76. The Bertz CT molecular complexity index is 874. The minimum absolute atomic E-state index is 0.126. The van der Waals surface area contributed by atoms with Crippen LogP contribution in [0.25, 0.3) is 0 Å². The van der Waals surface area contributed by atoms with E-state index in [0.717, 1.165) is 42.9 Å². The average molecular weight is 461 g/mol. The molecule has 1 fully saturated rings. The standard InChI is InChI=1S/C25H33FN2O3S/c1-3-29-23-12-11-19(16-24(23)30-4-2)13-14-27-25(32)28(18-21-9-7-15-31-21)17-20-8-5-6-10-22(20)26/h5-6,8,10-12,16,21H,3-4,7,9,13-15,17-18H2,1-2H3,(H,27,32). The monoisotopic (exact) mass is 460 g/mol. The molecule has 0 radical (unpaired) electrons. The highest BCUT2D eigenvalue weighted by molar-refractivity contribution is 7.80. The maximum absolute atomic E-state index is 14.2. The first-order valence-electron chi connectivity index (χ1n) is 11.4. The summed E-state index contributed by atoms with van der Waals surface area (Å²) in [4.78, 5) is 2.01. The Morgan fingerprint density at radius 3 is 2.66 bits per heavy atom. The first kappa shape index (κ1) is 24.3. The van der Waals surface area contributed by atoms with E-state index in [1.807, 2.05) is 43.0 Å². The minimum Gasteiger partial charge on any atom is -0.490 e. The van der Waals surface area contributed by atoms with Crippen LogP contribution in [-0.2, 0) is 17.7 Å². The van der Waals surface area contributed by atoms with Crippen LogP contribution in [-0.4, -0.2) is 49.0 Å². The van der Waals surface area contributed by atoms with Gasteiger partial charge in [0.1, 0.15) is 5.82 Å². The lowest BCUT2D eigenvalue weighted by atomic mass is 10.1. The Kier molecular flexibility index (Phi) is 9.56. The molecule has 1 N–H and O–H groups in total. The Morgan fingerprint density at radius 1 is 1.16 bits per heavy atom. The van der Waals surface area contributed by atoms with Gasteiger partial charge >= 0.3 is 0 Å². The Balaban J connectivity index is 1.60. The molecule has 3 rings (SSSR count). The number of hydrogen-bond acceptors (Lipinski definition) is 4. The van der Waals surface area contributed by atoms with Gasteiger partial charge in [-0.15, -0.1) is 0 Å². The highest BCUT2D eigenvalue weighted by Gasteiger charge is 2.22. The van der Waals surface area contributed by atoms with Crippen molar-refractivity contribution in [2.45, 2.75) is 45.8 Å².